The van der Waals surface area contributed by atoms with Crippen molar-refractivity contribution in [1.82, 2.24) is 5.01 Å². The van der Waals surface area contributed by atoms with Crippen LogP contribution < -0.4 is 5.84 Å². The minimum Gasteiger partial charge on any atom is -0.377 e. The molecule has 1 saturated heterocycles. The summed E-state index contributed by atoms with van der Waals surface area (Å²) in [6.45, 7) is 2.98. The molecule has 1 aliphatic heterocycles. The van der Waals surface area contributed by atoms with Gasteiger partial charge in [-0.15, -0.1) is 0 Å². The molecule has 0 aromatic rings. The van der Waals surface area contributed by atoms with E-state index in [0.717, 1.165) is 32.2 Å². The zero-order chi connectivity index (χ0) is 8.27. The first-order valence-corrected chi connectivity index (χ1v) is 4.45. The van der Waals surface area contributed by atoms with Crippen LogP contribution in [0.15, 0.2) is 0 Å². The fourth-order valence-corrected chi connectivity index (χ4v) is 1.75. The average molecular weight is 158 g/mol. The molecule has 0 bridgehead atoms. The van der Waals surface area contributed by atoms with Crippen molar-refractivity contribution in [1.29, 1.82) is 0 Å². The lowest BCUT2D eigenvalue weighted by Crippen LogP contribution is -2.49. The Kier molecular flexibility index (Phi) is 3.30. The van der Waals surface area contributed by atoms with Crippen molar-refractivity contribution in [3.63, 3.8) is 0 Å². The Hall–Kier alpha value is -0.120. The van der Waals surface area contributed by atoms with E-state index < -0.39 is 6.23 Å². The fraction of sp³-hybridized carbons (Fsp3) is 1.00. The molecule has 0 aliphatic carbocycles. The highest BCUT2D eigenvalue weighted by Crippen LogP contribution is 2.23. The van der Waals surface area contributed by atoms with Crippen LogP contribution in [0.2, 0.25) is 0 Å². The number of hydrazine groups is 1. The summed E-state index contributed by atoms with van der Waals surface area (Å²) in [4.78, 5) is 0. The van der Waals surface area contributed by atoms with Crippen molar-refractivity contribution in [2.75, 3.05) is 6.54 Å². The molecule has 0 aromatic heterocycles. The molecular formula is C8H18N2O. The van der Waals surface area contributed by atoms with Gasteiger partial charge in [-0.25, -0.2) is 5.01 Å². The van der Waals surface area contributed by atoms with E-state index in [1.165, 1.54) is 0 Å². The molecular weight excluding hydrogens is 140 g/mol. The summed E-state index contributed by atoms with van der Waals surface area (Å²) >= 11 is 0. The molecule has 0 saturated carbocycles. The Balaban J connectivity index is 2.38. The number of rotatable bonds is 2. The van der Waals surface area contributed by atoms with Crippen molar-refractivity contribution in [3.8, 4) is 0 Å². The van der Waals surface area contributed by atoms with Crippen LogP contribution in [-0.4, -0.2) is 22.9 Å². The summed E-state index contributed by atoms with van der Waals surface area (Å²) in [6, 6.07) is 0. The summed E-state index contributed by atoms with van der Waals surface area (Å²) in [5.74, 6) is 5.98. The third-order valence-corrected chi connectivity index (χ3v) is 2.41. The van der Waals surface area contributed by atoms with Gasteiger partial charge in [0.05, 0.1) is 0 Å². The van der Waals surface area contributed by atoms with E-state index in [9.17, 15) is 5.11 Å². The topological polar surface area (TPSA) is 49.5 Å². The smallest absolute Gasteiger partial charge is 0.122 e. The quantitative estimate of drug-likeness (QED) is 0.581. The molecule has 3 N–H and O–H groups in total. The van der Waals surface area contributed by atoms with E-state index in [-0.39, 0.29) is 0 Å². The molecule has 2 atom stereocenters. The Labute approximate surface area is 68.2 Å². The number of nitrogens with zero attached hydrogens (tertiary/aromatic N) is 1. The van der Waals surface area contributed by atoms with Gasteiger partial charge in [0, 0.05) is 6.54 Å². The Morgan fingerprint density at radius 1 is 1.64 bits per heavy atom. The molecule has 1 heterocycles. The van der Waals surface area contributed by atoms with Gasteiger partial charge in [-0.05, 0) is 25.2 Å². The zero-order valence-corrected chi connectivity index (χ0v) is 7.16. The highest BCUT2D eigenvalue weighted by molar-refractivity contribution is 4.72. The van der Waals surface area contributed by atoms with Gasteiger partial charge >= 0.3 is 0 Å². The van der Waals surface area contributed by atoms with Gasteiger partial charge in [0.1, 0.15) is 6.23 Å². The van der Waals surface area contributed by atoms with Gasteiger partial charge in [-0.1, -0.05) is 13.3 Å². The fourth-order valence-electron chi connectivity index (χ4n) is 1.75. The molecule has 66 valence electrons. The number of piperidine rings is 1. The predicted molar refractivity (Wildman–Crippen MR) is 44.5 cm³/mol. The lowest BCUT2D eigenvalue weighted by molar-refractivity contribution is -0.0694. The first-order chi connectivity index (χ1) is 5.25. The second-order valence-electron chi connectivity index (χ2n) is 3.34. The molecule has 0 amide bonds. The predicted octanol–water partition coefficient (Wildman–Crippen LogP) is 0.691. The van der Waals surface area contributed by atoms with Crippen LogP contribution in [0, 0.1) is 5.92 Å². The number of aliphatic hydroxyl groups excluding tert-OH is 1. The lowest BCUT2D eigenvalue weighted by atomic mass is 9.93. The molecule has 3 heteroatoms. The molecule has 0 radical (unpaired) electrons. The first-order valence-electron chi connectivity index (χ1n) is 4.45. The summed E-state index contributed by atoms with van der Waals surface area (Å²) in [6.07, 6.45) is 4.08. The van der Waals surface area contributed by atoms with E-state index in [2.05, 4.69) is 6.92 Å². The van der Waals surface area contributed by atoms with Crippen LogP contribution in [0.3, 0.4) is 0 Å². The molecule has 1 rings (SSSR count). The maximum Gasteiger partial charge on any atom is 0.122 e. The van der Waals surface area contributed by atoms with Crippen molar-refractivity contribution in [2.24, 2.45) is 11.8 Å². The van der Waals surface area contributed by atoms with Gasteiger partial charge in [-0.3, -0.25) is 5.84 Å². The summed E-state index contributed by atoms with van der Waals surface area (Å²) in [5, 5.41) is 11.1. The lowest BCUT2D eigenvalue weighted by Gasteiger charge is -2.34. The van der Waals surface area contributed by atoms with Crippen LogP contribution in [-0.2, 0) is 0 Å². The highest BCUT2D eigenvalue weighted by atomic mass is 16.3. The van der Waals surface area contributed by atoms with Gasteiger partial charge in [-0.2, -0.15) is 0 Å². The number of aliphatic hydroxyl groups is 1. The monoisotopic (exact) mass is 158 g/mol. The van der Waals surface area contributed by atoms with Crippen molar-refractivity contribution in [3.05, 3.63) is 0 Å². The molecule has 1 fully saturated rings. The SMILES string of the molecule is CCCC1CCCN(N)C1O. The van der Waals surface area contributed by atoms with Crippen molar-refractivity contribution in [2.45, 2.75) is 38.8 Å². The minimum atomic E-state index is -0.399. The van der Waals surface area contributed by atoms with E-state index in [4.69, 9.17) is 5.84 Å². The maximum absolute atomic E-state index is 9.57. The minimum absolute atomic E-state index is 0.399. The molecule has 2 unspecified atom stereocenters. The van der Waals surface area contributed by atoms with Gasteiger partial charge in [0.2, 0.25) is 0 Å². The standard InChI is InChI=1S/C8H18N2O/c1-2-4-7-5-3-6-10(9)8(7)11/h7-8,11H,2-6,9H2,1H3. The number of hydrogen-bond acceptors (Lipinski definition) is 3. The van der Waals surface area contributed by atoms with E-state index in [0.29, 0.717) is 5.92 Å². The van der Waals surface area contributed by atoms with Crippen LogP contribution in [0.5, 0.6) is 0 Å². The number of nitrogens with two attached hydrogens (primary N) is 1. The third-order valence-electron chi connectivity index (χ3n) is 2.41. The molecule has 1 aliphatic rings. The van der Waals surface area contributed by atoms with Crippen LogP contribution in [0.4, 0.5) is 0 Å². The summed E-state index contributed by atoms with van der Waals surface area (Å²) in [5.41, 5.74) is 0. The first kappa shape index (κ1) is 8.97. The second kappa shape index (κ2) is 4.04. The normalized spacial score (nSPS) is 34.1. The Bertz CT molecular complexity index is 117. The molecule has 3 nitrogen and oxygen atoms in total. The largest absolute Gasteiger partial charge is 0.377 e. The van der Waals surface area contributed by atoms with Crippen LogP contribution >= 0.6 is 0 Å². The van der Waals surface area contributed by atoms with Crippen molar-refractivity contribution >= 4 is 0 Å². The van der Waals surface area contributed by atoms with Crippen molar-refractivity contribution < 1.29 is 5.11 Å². The van der Waals surface area contributed by atoms with Gasteiger partial charge in [0.25, 0.3) is 0 Å². The van der Waals surface area contributed by atoms with E-state index in [1.54, 1.807) is 5.01 Å². The highest BCUT2D eigenvalue weighted by Gasteiger charge is 2.26. The van der Waals surface area contributed by atoms with Gasteiger partial charge < -0.3 is 5.11 Å². The van der Waals surface area contributed by atoms with Crippen LogP contribution in [0.1, 0.15) is 32.6 Å². The molecule has 0 spiro atoms. The number of hydrogen-bond donors (Lipinski definition) is 2. The van der Waals surface area contributed by atoms with E-state index in [1.807, 2.05) is 0 Å². The zero-order valence-electron chi connectivity index (χ0n) is 7.16. The molecule has 11 heavy (non-hydrogen) atoms. The average Bonchev–Trinajstić information content (AvgIpc) is 1.99. The second-order valence-corrected chi connectivity index (χ2v) is 3.34. The maximum atomic E-state index is 9.57. The Morgan fingerprint density at radius 2 is 2.36 bits per heavy atom. The van der Waals surface area contributed by atoms with Crippen LogP contribution in [0.25, 0.3) is 0 Å². The Morgan fingerprint density at radius 3 is 3.00 bits per heavy atom. The summed E-state index contributed by atoms with van der Waals surface area (Å²) in [7, 11) is 0. The third kappa shape index (κ3) is 2.15. The molecule has 0 aromatic carbocycles. The van der Waals surface area contributed by atoms with Gasteiger partial charge in [0.15, 0.2) is 0 Å². The summed E-state index contributed by atoms with van der Waals surface area (Å²) < 4.78 is 0. The van der Waals surface area contributed by atoms with E-state index >= 15 is 0 Å².